The van der Waals surface area contributed by atoms with Crippen molar-refractivity contribution in [2.45, 2.75) is 33.2 Å². The van der Waals surface area contributed by atoms with Crippen LogP contribution in [0.5, 0.6) is 11.5 Å². The van der Waals surface area contributed by atoms with Crippen molar-refractivity contribution >= 4 is 0 Å². The Labute approximate surface area is 130 Å². The van der Waals surface area contributed by atoms with Crippen molar-refractivity contribution in [3.63, 3.8) is 0 Å². The Morgan fingerprint density at radius 1 is 0.909 bits per heavy atom. The molecule has 22 heavy (non-hydrogen) atoms. The van der Waals surface area contributed by atoms with Crippen LogP contribution in [0.15, 0.2) is 24.3 Å². The summed E-state index contributed by atoms with van der Waals surface area (Å²) in [5.41, 5.74) is 4.23. The van der Waals surface area contributed by atoms with Crippen molar-refractivity contribution in [2.75, 3.05) is 0 Å². The smallest absolute Gasteiger partial charge is 0.373 e. The van der Waals surface area contributed by atoms with Gasteiger partial charge in [-0.3, -0.25) is 4.85 Å². The van der Waals surface area contributed by atoms with Crippen LogP contribution in [0.25, 0.3) is 4.85 Å². The third-order valence-corrected chi connectivity index (χ3v) is 4.52. The fourth-order valence-corrected chi connectivity index (χ4v) is 2.84. The van der Waals surface area contributed by atoms with Crippen LogP contribution in [0.1, 0.15) is 33.4 Å². The molecule has 0 N–H and O–H groups in total. The number of hydrogen-bond acceptors (Lipinski definition) is 2. The molecule has 0 bridgehead atoms. The molecule has 0 aliphatic carbocycles. The average Bonchev–Trinajstić information content (AvgIpc) is 2.49. The van der Waals surface area contributed by atoms with Crippen molar-refractivity contribution in [3.8, 4) is 17.6 Å². The molecule has 0 aromatic heterocycles. The van der Waals surface area contributed by atoms with Crippen molar-refractivity contribution in [1.82, 2.24) is 0 Å². The molecule has 0 atom stereocenters. The number of fused-ring (bicyclic) bond motifs is 2. The number of benzene rings is 2. The highest BCUT2D eigenvalue weighted by atomic mass is 16.5. The number of hydrogen-bond donors (Lipinski definition) is 0. The summed E-state index contributed by atoms with van der Waals surface area (Å²) < 4.78 is 6.01. The highest BCUT2D eigenvalue weighted by Crippen LogP contribution is 2.50. The first kappa shape index (κ1) is 14.2. The minimum absolute atomic E-state index is 0.608. The van der Waals surface area contributed by atoms with E-state index in [1.54, 1.807) is 0 Å². The zero-order valence-corrected chi connectivity index (χ0v) is 13.1. The van der Waals surface area contributed by atoms with Crippen LogP contribution in [0.3, 0.4) is 0 Å². The number of ether oxygens (including phenoxy) is 1. The SMILES string of the molecule is [C-]#[N+]C1(C#N)c2cc(C)c(C)cc2Oc2cc(C)c(C)cc21. The molecule has 108 valence electrons. The molecule has 0 spiro atoms. The summed E-state index contributed by atoms with van der Waals surface area (Å²) in [5, 5.41) is 9.84. The molecule has 1 aliphatic heterocycles. The molecule has 0 radical (unpaired) electrons. The molecule has 0 unspecified atom stereocenters. The van der Waals surface area contributed by atoms with E-state index in [9.17, 15) is 5.26 Å². The lowest BCUT2D eigenvalue weighted by Crippen LogP contribution is -2.26. The first-order valence-corrected chi connectivity index (χ1v) is 7.14. The Balaban J connectivity index is 2.41. The van der Waals surface area contributed by atoms with E-state index in [2.05, 4.69) is 10.9 Å². The molecule has 0 saturated carbocycles. The van der Waals surface area contributed by atoms with Crippen LogP contribution in [0.4, 0.5) is 0 Å². The van der Waals surface area contributed by atoms with Gasteiger partial charge < -0.3 is 4.74 Å². The second-order valence-corrected chi connectivity index (χ2v) is 5.90. The number of aryl methyl sites for hydroxylation is 4. The minimum Gasteiger partial charge on any atom is -0.456 e. The summed E-state index contributed by atoms with van der Waals surface area (Å²) >= 11 is 0. The van der Waals surface area contributed by atoms with E-state index in [4.69, 9.17) is 11.3 Å². The molecular weight excluding hydrogens is 272 g/mol. The van der Waals surface area contributed by atoms with E-state index in [1.165, 1.54) is 0 Å². The van der Waals surface area contributed by atoms with Gasteiger partial charge in [0, 0.05) is 0 Å². The van der Waals surface area contributed by atoms with Gasteiger partial charge in [0.25, 0.3) is 0 Å². The lowest BCUT2D eigenvalue weighted by Gasteiger charge is -2.28. The van der Waals surface area contributed by atoms with Crippen LogP contribution in [-0.4, -0.2) is 0 Å². The summed E-state index contributed by atoms with van der Waals surface area (Å²) in [7, 11) is 0. The molecule has 2 aromatic rings. The zero-order chi connectivity index (χ0) is 16.1. The van der Waals surface area contributed by atoms with Crippen molar-refractivity contribution in [2.24, 2.45) is 0 Å². The molecule has 0 fully saturated rings. The Kier molecular flexibility index (Phi) is 2.97. The maximum absolute atomic E-state index is 9.84. The van der Waals surface area contributed by atoms with Gasteiger partial charge >= 0.3 is 5.54 Å². The van der Waals surface area contributed by atoms with E-state index in [-0.39, 0.29) is 0 Å². The van der Waals surface area contributed by atoms with Crippen molar-refractivity contribution < 1.29 is 4.74 Å². The minimum atomic E-state index is -1.33. The summed E-state index contributed by atoms with van der Waals surface area (Å²) in [5.74, 6) is 1.22. The predicted molar refractivity (Wildman–Crippen MR) is 84.9 cm³/mol. The third-order valence-electron chi connectivity index (χ3n) is 4.52. The molecule has 1 heterocycles. The monoisotopic (exact) mass is 288 g/mol. The van der Waals surface area contributed by atoms with Gasteiger partial charge in [-0.25, -0.2) is 6.57 Å². The molecule has 3 nitrogen and oxygen atoms in total. The summed E-state index contributed by atoms with van der Waals surface area (Å²) in [6.45, 7) is 15.7. The number of nitriles is 1. The summed E-state index contributed by atoms with van der Waals surface area (Å²) in [6.07, 6.45) is 0. The predicted octanol–water partition coefficient (Wildman–Crippen LogP) is 4.71. The highest BCUT2D eigenvalue weighted by Gasteiger charge is 2.50. The van der Waals surface area contributed by atoms with Gasteiger partial charge in [-0.1, -0.05) is 0 Å². The third kappa shape index (κ3) is 1.73. The van der Waals surface area contributed by atoms with E-state index >= 15 is 0 Å². The van der Waals surface area contributed by atoms with Gasteiger partial charge in [-0.15, -0.1) is 0 Å². The topological polar surface area (TPSA) is 37.4 Å². The lowest BCUT2D eigenvalue weighted by molar-refractivity contribution is 0.440. The van der Waals surface area contributed by atoms with Crippen LogP contribution >= 0.6 is 0 Å². The second-order valence-electron chi connectivity index (χ2n) is 5.90. The average molecular weight is 288 g/mol. The molecule has 3 rings (SSSR count). The quantitative estimate of drug-likeness (QED) is 0.658. The maximum atomic E-state index is 9.84. The molecule has 0 amide bonds. The Bertz CT molecular complexity index is 808. The fourth-order valence-electron chi connectivity index (χ4n) is 2.84. The molecule has 1 aliphatic rings. The fraction of sp³-hybridized carbons (Fsp3) is 0.263. The van der Waals surface area contributed by atoms with E-state index in [0.717, 1.165) is 22.3 Å². The first-order chi connectivity index (χ1) is 10.4. The van der Waals surface area contributed by atoms with Gasteiger partial charge in [0.05, 0.1) is 0 Å². The van der Waals surface area contributed by atoms with Crippen LogP contribution in [-0.2, 0) is 5.54 Å². The van der Waals surface area contributed by atoms with E-state index < -0.39 is 5.54 Å². The zero-order valence-electron chi connectivity index (χ0n) is 13.1. The van der Waals surface area contributed by atoms with Crippen LogP contribution in [0.2, 0.25) is 0 Å². The summed E-state index contributed by atoms with van der Waals surface area (Å²) in [6, 6.07) is 9.89. The molecule has 3 heteroatoms. The maximum Gasteiger partial charge on any atom is 0.373 e. The van der Waals surface area contributed by atoms with Gasteiger partial charge in [0.1, 0.15) is 22.6 Å². The molecular formula is C19H16N2O. The standard InChI is InChI=1S/C19H16N2O/c1-11-6-15-17(8-13(11)3)22-18-9-14(4)12(2)7-16(18)19(15,10-20)21-5/h6-9H,1-4H3. The van der Waals surface area contributed by atoms with Gasteiger partial charge in [0.15, 0.2) is 6.07 Å². The summed E-state index contributed by atoms with van der Waals surface area (Å²) in [4.78, 5) is 3.73. The Hall–Kier alpha value is -2.78. The van der Waals surface area contributed by atoms with Crippen LogP contribution < -0.4 is 4.74 Å². The van der Waals surface area contributed by atoms with Gasteiger partial charge in [-0.05, 0) is 74.2 Å². The van der Waals surface area contributed by atoms with Gasteiger partial charge in [0.2, 0.25) is 0 Å². The van der Waals surface area contributed by atoms with Gasteiger partial charge in [-0.2, -0.15) is 5.26 Å². The normalized spacial score (nSPS) is 14.1. The Morgan fingerprint density at radius 2 is 1.32 bits per heavy atom. The van der Waals surface area contributed by atoms with E-state index in [1.807, 2.05) is 52.0 Å². The largest absolute Gasteiger partial charge is 0.456 e. The molecule has 2 aromatic carbocycles. The Morgan fingerprint density at radius 3 is 1.68 bits per heavy atom. The second kappa shape index (κ2) is 4.61. The molecule has 0 saturated heterocycles. The highest BCUT2D eigenvalue weighted by molar-refractivity contribution is 5.65. The number of nitrogens with zero attached hydrogens (tertiary/aromatic N) is 2. The van der Waals surface area contributed by atoms with Crippen molar-refractivity contribution in [3.05, 3.63) is 69.1 Å². The van der Waals surface area contributed by atoms with E-state index in [0.29, 0.717) is 22.6 Å². The first-order valence-electron chi connectivity index (χ1n) is 7.14. The van der Waals surface area contributed by atoms with Crippen molar-refractivity contribution in [1.29, 1.82) is 5.26 Å². The number of rotatable bonds is 0. The lowest BCUT2D eigenvalue weighted by atomic mass is 9.79. The van der Waals surface area contributed by atoms with Crippen LogP contribution in [0, 0.1) is 45.6 Å².